The SMILES string of the molecule is COc1c(C(F)(F)F)cc2sc(N)nc2c1C(C)C. The van der Waals surface area contributed by atoms with E-state index in [0.29, 0.717) is 15.8 Å². The first-order valence-corrected chi connectivity index (χ1v) is 6.41. The third kappa shape index (κ3) is 2.34. The lowest BCUT2D eigenvalue weighted by atomic mass is 9.97. The maximum atomic E-state index is 13.1. The normalized spacial score (nSPS) is 12.4. The summed E-state index contributed by atoms with van der Waals surface area (Å²) in [5.41, 5.74) is 5.75. The number of ether oxygens (including phenoxy) is 1. The number of nitrogens with two attached hydrogens (primary N) is 1. The van der Waals surface area contributed by atoms with Crippen molar-refractivity contribution >= 4 is 26.7 Å². The molecule has 7 heteroatoms. The van der Waals surface area contributed by atoms with Gasteiger partial charge in [-0.3, -0.25) is 0 Å². The van der Waals surface area contributed by atoms with E-state index >= 15 is 0 Å². The second kappa shape index (κ2) is 4.56. The number of benzene rings is 1. The Kier molecular flexibility index (Phi) is 3.34. The molecular weight excluding hydrogens is 277 g/mol. The molecule has 0 radical (unpaired) electrons. The van der Waals surface area contributed by atoms with Crippen molar-refractivity contribution in [2.24, 2.45) is 0 Å². The van der Waals surface area contributed by atoms with E-state index in [-0.39, 0.29) is 16.8 Å². The van der Waals surface area contributed by atoms with Crippen LogP contribution in [0.25, 0.3) is 10.2 Å². The van der Waals surface area contributed by atoms with Crippen LogP contribution in [0.15, 0.2) is 6.07 Å². The summed E-state index contributed by atoms with van der Waals surface area (Å²) in [5, 5.41) is 0.248. The highest BCUT2D eigenvalue weighted by atomic mass is 32.1. The van der Waals surface area contributed by atoms with E-state index in [0.717, 1.165) is 17.4 Å². The maximum Gasteiger partial charge on any atom is 0.420 e. The van der Waals surface area contributed by atoms with Gasteiger partial charge in [-0.05, 0) is 12.0 Å². The number of fused-ring (bicyclic) bond motifs is 1. The molecule has 0 fully saturated rings. The molecule has 0 saturated heterocycles. The van der Waals surface area contributed by atoms with Gasteiger partial charge in [0.1, 0.15) is 5.75 Å². The van der Waals surface area contributed by atoms with Crippen molar-refractivity contribution in [3.63, 3.8) is 0 Å². The topological polar surface area (TPSA) is 48.1 Å². The summed E-state index contributed by atoms with van der Waals surface area (Å²) in [6, 6.07) is 1.05. The van der Waals surface area contributed by atoms with Gasteiger partial charge in [-0.15, -0.1) is 0 Å². The first-order chi connectivity index (χ1) is 8.75. The Labute approximate surface area is 112 Å². The molecule has 0 amide bonds. The Bertz CT molecular complexity index is 619. The van der Waals surface area contributed by atoms with E-state index in [9.17, 15) is 13.2 Å². The van der Waals surface area contributed by atoms with E-state index in [1.165, 1.54) is 7.11 Å². The smallest absolute Gasteiger partial charge is 0.420 e. The fourth-order valence-corrected chi connectivity index (χ4v) is 2.85. The minimum Gasteiger partial charge on any atom is -0.496 e. The van der Waals surface area contributed by atoms with Gasteiger partial charge in [0, 0.05) is 5.56 Å². The molecule has 0 saturated carbocycles. The molecule has 0 unspecified atom stereocenters. The number of thiazole rings is 1. The molecule has 19 heavy (non-hydrogen) atoms. The van der Waals surface area contributed by atoms with Crippen molar-refractivity contribution in [2.45, 2.75) is 25.9 Å². The molecule has 2 aromatic rings. The summed E-state index contributed by atoms with van der Waals surface area (Å²) >= 11 is 1.04. The van der Waals surface area contributed by atoms with Gasteiger partial charge >= 0.3 is 6.18 Å². The van der Waals surface area contributed by atoms with Crippen LogP contribution in [0.3, 0.4) is 0 Å². The lowest BCUT2D eigenvalue weighted by Gasteiger charge is -2.18. The van der Waals surface area contributed by atoms with Crippen LogP contribution in [-0.4, -0.2) is 12.1 Å². The molecule has 0 aliphatic carbocycles. The van der Waals surface area contributed by atoms with Crippen molar-refractivity contribution in [1.82, 2.24) is 4.98 Å². The fourth-order valence-electron chi connectivity index (χ4n) is 2.06. The zero-order valence-corrected chi connectivity index (χ0v) is 11.4. The largest absolute Gasteiger partial charge is 0.496 e. The Morgan fingerprint density at radius 2 is 2.00 bits per heavy atom. The molecule has 0 spiro atoms. The highest BCUT2D eigenvalue weighted by Gasteiger charge is 2.37. The summed E-state index contributed by atoms with van der Waals surface area (Å²) in [7, 11) is 1.23. The summed E-state index contributed by atoms with van der Waals surface area (Å²) in [4.78, 5) is 4.12. The quantitative estimate of drug-likeness (QED) is 0.908. The average molecular weight is 290 g/mol. The number of anilines is 1. The highest BCUT2D eigenvalue weighted by molar-refractivity contribution is 7.22. The van der Waals surface area contributed by atoms with Crippen LogP contribution >= 0.6 is 11.3 Å². The van der Waals surface area contributed by atoms with Crippen molar-refractivity contribution in [1.29, 1.82) is 0 Å². The molecule has 104 valence electrons. The average Bonchev–Trinajstić information content (AvgIpc) is 2.64. The van der Waals surface area contributed by atoms with Gasteiger partial charge in [0.05, 0.1) is 22.9 Å². The van der Waals surface area contributed by atoms with Gasteiger partial charge < -0.3 is 10.5 Å². The van der Waals surface area contributed by atoms with Gasteiger partial charge in [-0.1, -0.05) is 25.2 Å². The van der Waals surface area contributed by atoms with Crippen molar-refractivity contribution in [3.8, 4) is 5.75 Å². The van der Waals surface area contributed by atoms with Crippen LogP contribution in [0.4, 0.5) is 18.3 Å². The lowest BCUT2D eigenvalue weighted by molar-refractivity contribution is -0.138. The van der Waals surface area contributed by atoms with Crippen molar-refractivity contribution in [3.05, 3.63) is 17.2 Å². The monoisotopic (exact) mass is 290 g/mol. The molecular formula is C12H13F3N2OS. The van der Waals surface area contributed by atoms with Crippen LogP contribution < -0.4 is 10.5 Å². The van der Waals surface area contributed by atoms with E-state index in [4.69, 9.17) is 10.5 Å². The van der Waals surface area contributed by atoms with Crippen LogP contribution in [0.2, 0.25) is 0 Å². The summed E-state index contributed by atoms with van der Waals surface area (Å²) in [6.07, 6.45) is -4.47. The van der Waals surface area contributed by atoms with Crippen LogP contribution in [0, 0.1) is 0 Å². The van der Waals surface area contributed by atoms with Gasteiger partial charge in [0.25, 0.3) is 0 Å². The molecule has 1 heterocycles. The van der Waals surface area contributed by atoms with Crippen molar-refractivity contribution in [2.75, 3.05) is 12.8 Å². The summed E-state index contributed by atoms with van der Waals surface area (Å²) < 4.78 is 44.7. The predicted molar refractivity (Wildman–Crippen MR) is 69.7 cm³/mol. The third-order valence-corrected chi connectivity index (χ3v) is 3.61. The van der Waals surface area contributed by atoms with Crippen LogP contribution in [0.1, 0.15) is 30.9 Å². The highest BCUT2D eigenvalue weighted by Crippen LogP contribution is 2.45. The van der Waals surface area contributed by atoms with E-state index in [1.54, 1.807) is 13.8 Å². The molecule has 2 N–H and O–H groups in total. The number of hydrogen-bond acceptors (Lipinski definition) is 4. The van der Waals surface area contributed by atoms with E-state index in [1.807, 2.05) is 0 Å². The maximum absolute atomic E-state index is 13.1. The van der Waals surface area contributed by atoms with Gasteiger partial charge in [0.2, 0.25) is 0 Å². The number of halogens is 3. The summed E-state index contributed by atoms with van der Waals surface area (Å²) in [5.74, 6) is -0.318. The Morgan fingerprint density at radius 3 is 2.47 bits per heavy atom. The minimum absolute atomic E-state index is 0.152. The molecule has 0 aliphatic rings. The molecule has 0 atom stereocenters. The molecule has 1 aromatic heterocycles. The number of nitrogen functional groups attached to an aromatic ring is 1. The zero-order valence-electron chi connectivity index (χ0n) is 10.6. The first kappa shape index (κ1) is 13.9. The number of aromatic nitrogens is 1. The predicted octanol–water partition coefficient (Wildman–Crippen LogP) is 4.03. The van der Waals surface area contributed by atoms with Gasteiger partial charge in [-0.2, -0.15) is 13.2 Å². The number of nitrogens with zero attached hydrogens (tertiary/aromatic N) is 1. The lowest BCUT2D eigenvalue weighted by Crippen LogP contribution is -2.10. The summed E-state index contributed by atoms with van der Waals surface area (Å²) in [6.45, 7) is 3.60. The van der Waals surface area contributed by atoms with Gasteiger partial charge in [0.15, 0.2) is 5.13 Å². The molecule has 3 nitrogen and oxygen atoms in total. The van der Waals surface area contributed by atoms with Crippen LogP contribution in [-0.2, 0) is 6.18 Å². The fraction of sp³-hybridized carbons (Fsp3) is 0.417. The number of hydrogen-bond donors (Lipinski definition) is 1. The Morgan fingerprint density at radius 1 is 1.37 bits per heavy atom. The second-order valence-electron chi connectivity index (χ2n) is 4.42. The van der Waals surface area contributed by atoms with E-state index < -0.39 is 11.7 Å². The van der Waals surface area contributed by atoms with Crippen molar-refractivity contribution < 1.29 is 17.9 Å². The van der Waals surface area contributed by atoms with Crippen LogP contribution in [0.5, 0.6) is 5.75 Å². The Hall–Kier alpha value is -1.50. The number of alkyl halides is 3. The third-order valence-electron chi connectivity index (χ3n) is 2.78. The standard InChI is InChI=1S/C12H13F3N2OS/c1-5(2)8-9-7(19-11(16)17-9)4-6(10(8)18-3)12(13,14)15/h4-5H,1-3H3,(H2,16,17). The Balaban J connectivity index is 2.91. The molecule has 1 aromatic carbocycles. The first-order valence-electron chi connectivity index (χ1n) is 5.59. The second-order valence-corrected chi connectivity index (χ2v) is 5.48. The number of methoxy groups -OCH3 is 1. The molecule has 2 rings (SSSR count). The zero-order chi connectivity index (χ0) is 14.4. The molecule has 0 bridgehead atoms. The van der Waals surface area contributed by atoms with E-state index in [2.05, 4.69) is 4.98 Å². The minimum atomic E-state index is -4.47. The van der Waals surface area contributed by atoms with Gasteiger partial charge in [-0.25, -0.2) is 4.98 Å². The molecule has 0 aliphatic heterocycles. The number of rotatable bonds is 2.